The van der Waals surface area contributed by atoms with Crippen LogP contribution in [0.15, 0.2) is 54.9 Å². The molecular formula is C19H17FN2. The molecule has 1 heterocycles. The van der Waals surface area contributed by atoms with Crippen molar-refractivity contribution in [1.29, 1.82) is 0 Å². The summed E-state index contributed by atoms with van der Waals surface area (Å²) in [6, 6.07) is 13.7. The second-order valence-electron chi connectivity index (χ2n) is 5.92. The van der Waals surface area contributed by atoms with Gasteiger partial charge in [0.2, 0.25) is 0 Å². The number of rotatable bonds is 4. The first-order valence-corrected chi connectivity index (χ1v) is 7.65. The van der Waals surface area contributed by atoms with Crippen LogP contribution in [0.2, 0.25) is 0 Å². The summed E-state index contributed by atoms with van der Waals surface area (Å²) in [5, 5.41) is 5.72. The van der Waals surface area contributed by atoms with Gasteiger partial charge in [-0.05, 0) is 65.6 Å². The van der Waals surface area contributed by atoms with Crippen LogP contribution in [0.25, 0.3) is 10.8 Å². The molecule has 2 aromatic carbocycles. The Kier molecular flexibility index (Phi) is 3.26. The molecule has 1 saturated carbocycles. The normalized spacial score (nSPS) is 14.2. The standard InChI is InChI=1S/C19H17FN2/c20-19-6-5-17(10-18(19)14-3-4-14)22-11-13-1-2-16-12-21-8-7-15(16)9-13/h1-2,5-10,12,14,22H,3-4,11H2. The first kappa shape index (κ1) is 13.3. The minimum atomic E-state index is -0.0775. The van der Waals surface area contributed by atoms with Gasteiger partial charge in [-0.25, -0.2) is 4.39 Å². The van der Waals surface area contributed by atoms with Gasteiger partial charge >= 0.3 is 0 Å². The van der Waals surface area contributed by atoms with Gasteiger partial charge in [-0.3, -0.25) is 4.98 Å². The van der Waals surface area contributed by atoms with Gasteiger partial charge in [0.1, 0.15) is 5.82 Å². The lowest BCUT2D eigenvalue weighted by molar-refractivity contribution is 0.611. The van der Waals surface area contributed by atoms with Crippen LogP contribution in [0.3, 0.4) is 0 Å². The van der Waals surface area contributed by atoms with E-state index in [9.17, 15) is 4.39 Å². The molecule has 3 heteroatoms. The number of halogens is 1. The molecule has 2 nitrogen and oxygen atoms in total. The fourth-order valence-electron chi connectivity index (χ4n) is 2.81. The minimum absolute atomic E-state index is 0.0775. The zero-order valence-corrected chi connectivity index (χ0v) is 12.2. The van der Waals surface area contributed by atoms with Crippen molar-refractivity contribution in [3.05, 3.63) is 71.8 Å². The lowest BCUT2D eigenvalue weighted by atomic mass is 10.1. The van der Waals surface area contributed by atoms with Gasteiger partial charge in [-0.15, -0.1) is 0 Å². The minimum Gasteiger partial charge on any atom is -0.381 e. The molecule has 0 bridgehead atoms. The molecule has 3 aromatic rings. The molecule has 110 valence electrons. The number of pyridine rings is 1. The van der Waals surface area contributed by atoms with Crippen molar-refractivity contribution in [2.24, 2.45) is 0 Å². The maximum atomic E-state index is 13.8. The predicted molar refractivity (Wildman–Crippen MR) is 87.4 cm³/mol. The Morgan fingerprint density at radius 3 is 2.82 bits per heavy atom. The molecule has 1 aliphatic rings. The molecule has 1 aromatic heterocycles. The molecule has 1 N–H and O–H groups in total. The van der Waals surface area contributed by atoms with Crippen molar-refractivity contribution in [2.75, 3.05) is 5.32 Å². The SMILES string of the molecule is Fc1ccc(NCc2ccc3cnccc3c2)cc1C1CC1. The maximum absolute atomic E-state index is 13.8. The highest BCUT2D eigenvalue weighted by atomic mass is 19.1. The molecule has 0 spiro atoms. The van der Waals surface area contributed by atoms with Crippen LogP contribution in [0.5, 0.6) is 0 Å². The first-order valence-electron chi connectivity index (χ1n) is 7.65. The summed E-state index contributed by atoms with van der Waals surface area (Å²) in [6.07, 6.45) is 5.90. The Morgan fingerprint density at radius 1 is 1.05 bits per heavy atom. The van der Waals surface area contributed by atoms with Crippen molar-refractivity contribution in [1.82, 2.24) is 4.98 Å². The summed E-state index contributed by atoms with van der Waals surface area (Å²) in [5.41, 5.74) is 3.05. The number of nitrogens with zero attached hydrogens (tertiary/aromatic N) is 1. The first-order chi connectivity index (χ1) is 10.8. The fraction of sp³-hybridized carbons (Fsp3) is 0.211. The number of aromatic nitrogens is 1. The predicted octanol–water partition coefficient (Wildman–Crippen LogP) is 4.86. The Hall–Kier alpha value is -2.42. The van der Waals surface area contributed by atoms with E-state index in [4.69, 9.17) is 0 Å². The smallest absolute Gasteiger partial charge is 0.126 e. The number of anilines is 1. The van der Waals surface area contributed by atoms with Gasteiger partial charge in [0.25, 0.3) is 0 Å². The van der Waals surface area contributed by atoms with Crippen LogP contribution in [-0.2, 0) is 6.54 Å². The average molecular weight is 292 g/mol. The molecule has 0 aliphatic heterocycles. The van der Waals surface area contributed by atoms with Gasteiger partial charge in [0, 0.05) is 30.0 Å². The number of benzene rings is 2. The molecule has 1 fully saturated rings. The molecule has 22 heavy (non-hydrogen) atoms. The Balaban J connectivity index is 1.52. The van der Waals surface area contributed by atoms with E-state index in [2.05, 4.69) is 28.5 Å². The van der Waals surface area contributed by atoms with E-state index in [0.29, 0.717) is 5.92 Å². The third kappa shape index (κ3) is 2.67. The van der Waals surface area contributed by atoms with E-state index in [1.807, 2.05) is 24.4 Å². The molecule has 1 aliphatic carbocycles. The fourth-order valence-corrected chi connectivity index (χ4v) is 2.81. The highest BCUT2D eigenvalue weighted by Gasteiger charge is 2.26. The van der Waals surface area contributed by atoms with Crippen molar-refractivity contribution in [3.63, 3.8) is 0 Å². The molecule has 0 saturated heterocycles. The highest BCUT2D eigenvalue weighted by Crippen LogP contribution is 2.42. The zero-order valence-electron chi connectivity index (χ0n) is 12.2. The molecule has 4 rings (SSSR count). The van der Waals surface area contributed by atoms with E-state index in [1.54, 1.807) is 12.3 Å². The lowest BCUT2D eigenvalue weighted by Gasteiger charge is -2.10. The van der Waals surface area contributed by atoms with Crippen LogP contribution in [-0.4, -0.2) is 4.98 Å². The molecule has 0 radical (unpaired) electrons. The van der Waals surface area contributed by atoms with Crippen LogP contribution >= 0.6 is 0 Å². The van der Waals surface area contributed by atoms with Crippen LogP contribution in [0.4, 0.5) is 10.1 Å². The molecule has 0 unspecified atom stereocenters. The third-order valence-corrected chi connectivity index (χ3v) is 4.21. The number of fused-ring (bicyclic) bond motifs is 1. The van der Waals surface area contributed by atoms with Crippen molar-refractivity contribution in [3.8, 4) is 0 Å². The Bertz CT molecular complexity index is 825. The largest absolute Gasteiger partial charge is 0.381 e. The third-order valence-electron chi connectivity index (χ3n) is 4.21. The Labute approximate surface area is 129 Å². The number of nitrogens with one attached hydrogen (secondary N) is 1. The van der Waals surface area contributed by atoms with Crippen LogP contribution < -0.4 is 5.32 Å². The summed E-state index contributed by atoms with van der Waals surface area (Å²) in [6.45, 7) is 0.730. The monoisotopic (exact) mass is 292 g/mol. The van der Waals surface area contributed by atoms with E-state index >= 15 is 0 Å². The van der Waals surface area contributed by atoms with E-state index < -0.39 is 0 Å². The van der Waals surface area contributed by atoms with E-state index in [0.717, 1.165) is 36.0 Å². The quantitative estimate of drug-likeness (QED) is 0.742. The molecule has 0 amide bonds. The lowest BCUT2D eigenvalue weighted by Crippen LogP contribution is -2.00. The van der Waals surface area contributed by atoms with Crippen LogP contribution in [0, 0.1) is 5.82 Å². The zero-order chi connectivity index (χ0) is 14.9. The number of hydrogen-bond donors (Lipinski definition) is 1. The van der Waals surface area contributed by atoms with Gasteiger partial charge in [-0.2, -0.15) is 0 Å². The average Bonchev–Trinajstić information content (AvgIpc) is 3.39. The van der Waals surface area contributed by atoms with Gasteiger partial charge < -0.3 is 5.32 Å². The molecule has 0 atom stereocenters. The molecular weight excluding hydrogens is 275 g/mol. The Morgan fingerprint density at radius 2 is 1.95 bits per heavy atom. The second-order valence-corrected chi connectivity index (χ2v) is 5.92. The van der Waals surface area contributed by atoms with Crippen LogP contribution in [0.1, 0.15) is 29.9 Å². The highest BCUT2D eigenvalue weighted by molar-refractivity contribution is 5.82. The van der Waals surface area contributed by atoms with Crippen molar-refractivity contribution < 1.29 is 4.39 Å². The van der Waals surface area contributed by atoms with Crippen molar-refractivity contribution >= 4 is 16.5 Å². The summed E-state index contributed by atoms with van der Waals surface area (Å²) in [7, 11) is 0. The summed E-state index contributed by atoms with van der Waals surface area (Å²) in [5.74, 6) is 0.348. The van der Waals surface area contributed by atoms with Gasteiger partial charge in [-0.1, -0.05) is 12.1 Å². The second kappa shape index (κ2) is 5.41. The summed E-state index contributed by atoms with van der Waals surface area (Å²) >= 11 is 0. The summed E-state index contributed by atoms with van der Waals surface area (Å²) in [4.78, 5) is 4.13. The number of hydrogen-bond acceptors (Lipinski definition) is 2. The van der Waals surface area contributed by atoms with Gasteiger partial charge in [0.05, 0.1) is 0 Å². The van der Waals surface area contributed by atoms with Crippen molar-refractivity contribution in [2.45, 2.75) is 25.3 Å². The van der Waals surface area contributed by atoms with Gasteiger partial charge in [0.15, 0.2) is 0 Å². The topological polar surface area (TPSA) is 24.9 Å². The van der Waals surface area contributed by atoms with E-state index in [-0.39, 0.29) is 5.82 Å². The summed E-state index contributed by atoms with van der Waals surface area (Å²) < 4.78 is 13.8. The van der Waals surface area contributed by atoms with E-state index in [1.165, 1.54) is 10.9 Å². The maximum Gasteiger partial charge on any atom is 0.126 e.